The zero-order valence-electron chi connectivity index (χ0n) is 11.7. The van der Waals surface area contributed by atoms with Crippen LogP contribution in [0.5, 0.6) is 5.75 Å². The Morgan fingerprint density at radius 3 is 2.65 bits per heavy atom. The molecular formula is C15H20N2O3. The van der Waals surface area contributed by atoms with Crippen molar-refractivity contribution in [3.63, 3.8) is 0 Å². The highest BCUT2D eigenvalue weighted by Crippen LogP contribution is 2.22. The lowest BCUT2D eigenvalue weighted by Crippen LogP contribution is -2.62. The Balaban J connectivity index is 1.58. The van der Waals surface area contributed by atoms with Gasteiger partial charge in [0.25, 0.3) is 5.91 Å². The summed E-state index contributed by atoms with van der Waals surface area (Å²) < 4.78 is 5.34. The number of hydrogen-bond donors (Lipinski definition) is 1. The summed E-state index contributed by atoms with van der Waals surface area (Å²) in [4.78, 5) is 16.6. The van der Waals surface area contributed by atoms with Crippen LogP contribution in [-0.4, -0.2) is 66.2 Å². The van der Waals surface area contributed by atoms with Crippen LogP contribution in [0.1, 0.15) is 15.9 Å². The third-order valence-electron chi connectivity index (χ3n) is 4.16. The number of likely N-dealkylation sites (tertiary alicyclic amines) is 1. The SMILES string of the molecule is Cc1cc(C(=O)N2CC(N3CCOCC3)C2)ccc1O. The summed E-state index contributed by atoms with van der Waals surface area (Å²) >= 11 is 0. The maximum absolute atomic E-state index is 12.3. The van der Waals surface area contributed by atoms with Gasteiger partial charge in [-0.15, -0.1) is 0 Å². The number of amides is 1. The summed E-state index contributed by atoms with van der Waals surface area (Å²) in [6.07, 6.45) is 0. The van der Waals surface area contributed by atoms with Gasteiger partial charge in [-0.1, -0.05) is 0 Å². The van der Waals surface area contributed by atoms with Crippen LogP contribution < -0.4 is 0 Å². The number of carbonyl (C=O) groups excluding carboxylic acids is 1. The number of phenolic OH excluding ortho intramolecular Hbond substituents is 1. The number of benzene rings is 1. The van der Waals surface area contributed by atoms with Gasteiger partial charge in [0.2, 0.25) is 0 Å². The smallest absolute Gasteiger partial charge is 0.253 e. The van der Waals surface area contributed by atoms with Gasteiger partial charge in [0.15, 0.2) is 0 Å². The van der Waals surface area contributed by atoms with Gasteiger partial charge < -0.3 is 14.7 Å². The standard InChI is InChI=1S/C15H20N2O3/c1-11-8-12(2-3-14(11)18)15(19)17-9-13(10-17)16-4-6-20-7-5-16/h2-3,8,13,18H,4-7,9-10H2,1H3. The molecule has 5 heteroatoms. The van der Waals surface area contributed by atoms with E-state index in [9.17, 15) is 9.90 Å². The molecule has 0 aromatic heterocycles. The molecule has 2 aliphatic rings. The molecule has 5 nitrogen and oxygen atoms in total. The minimum atomic E-state index is 0.0533. The van der Waals surface area contributed by atoms with Gasteiger partial charge in [-0.05, 0) is 30.7 Å². The molecule has 20 heavy (non-hydrogen) atoms. The van der Waals surface area contributed by atoms with Gasteiger partial charge >= 0.3 is 0 Å². The van der Waals surface area contributed by atoms with Gasteiger partial charge in [0.1, 0.15) is 5.75 Å². The third-order valence-corrected chi connectivity index (χ3v) is 4.16. The van der Waals surface area contributed by atoms with Crippen molar-refractivity contribution in [3.05, 3.63) is 29.3 Å². The van der Waals surface area contributed by atoms with Crippen LogP contribution in [0.3, 0.4) is 0 Å². The molecule has 3 rings (SSSR count). The number of hydrogen-bond acceptors (Lipinski definition) is 4. The number of rotatable bonds is 2. The second-order valence-electron chi connectivity index (χ2n) is 5.51. The highest BCUT2D eigenvalue weighted by molar-refractivity contribution is 5.95. The van der Waals surface area contributed by atoms with Crippen molar-refractivity contribution in [1.29, 1.82) is 0 Å². The van der Waals surface area contributed by atoms with Crippen LogP contribution in [0.15, 0.2) is 18.2 Å². The van der Waals surface area contributed by atoms with E-state index in [0.717, 1.165) is 45.0 Å². The quantitative estimate of drug-likeness (QED) is 0.870. The Morgan fingerprint density at radius 2 is 2.00 bits per heavy atom. The van der Waals surface area contributed by atoms with Crippen LogP contribution >= 0.6 is 0 Å². The number of aryl methyl sites for hydroxylation is 1. The average Bonchev–Trinajstić information content (AvgIpc) is 2.41. The van der Waals surface area contributed by atoms with Crippen molar-refractivity contribution in [1.82, 2.24) is 9.80 Å². The van der Waals surface area contributed by atoms with Crippen LogP contribution in [0.2, 0.25) is 0 Å². The minimum absolute atomic E-state index is 0.0533. The van der Waals surface area contributed by atoms with Crippen molar-refractivity contribution in [3.8, 4) is 5.75 Å². The molecule has 1 amide bonds. The van der Waals surface area contributed by atoms with Gasteiger partial charge in [0, 0.05) is 37.8 Å². The molecule has 108 valence electrons. The normalized spacial score (nSPS) is 20.8. The average molecular weight is 276 g/mol. The first-order chi connectivity index (χ1) is 9.65. The van der Waals surface area contributed by atoms with E-state index in [1.165, 1.54) is 0 Å². The molecule has 0 unspecified atom stereocenters. The molecule has 0 spiro atoms. The lowest BCUT2D eigenvalue weighted by molar-refractivity contribution is -0.0256. The molecule has 2 fully saturated rings. The molecule has 2 saturated heterocycles. The highest BCUT2D eigenvalue weighted by Gasteiger charge is 2.35. The van der Waals surface area contributed by atoms with E-state index in [2.05, 4.69) is 4.90 Å². The van der Waals surface area contributed by atoms with Crippen LogP contribution in [0.25, 0.3) is 0 Å². The minimum Gasteiger partial charge on any atom is -0.508 e. The van der Waals surface area contributed by atoms with Gasteiger partial charge in [0.05, 0.1) is 13.2 Å². The molecule has 0 aliphatic carbocycles. The molecule has 0 radical (unpaired) electrons. The zero-order valence-corrected chi connectivity index (χ0v) is 11.7. The van der Waals surface area contributed by atoms with E-state index >= 15 is 0 Å². The van der Waals surface area contributed by atoms with Gasteiger partial charge in [-0.2, -0.15) is 0 Å². The molecule has 1 N–H and O–H groups in total. The Kier molecular flexibility index (Phi) is 3.63. The number of aromatic hydroxyl groups is 1. The Morgan fingerprint density at radius 1 is 1.30 bits per heavy atom. The first kappa shape index (κ1) is 13.4. The maximum Gasteiger partial charge on any atom is 0.253 e. The molecule has 0 atom stereocenters. The van der Waals surface area contributed by atoms with Gasteiger partial charge in [-0.25, -0.2) is 0 Å². The number of ether oxygens (including phenoxy) is 1. The molecule has 2 heterocycles. The second-order valence-corrected chi connectivity index (χ2v) is 5.51. The third kappa shape index (κ3) is 2.51. The summed E-state index contributed by atoms with van der Waals surface area (Å²) in [5.41, 5.74) is 1.39. The van der Waals surface area contributed by atoms with Gasteiger partial charge in [-0.3, -0.25) is 9.69 Å². The van der Waals surface area contributed by atoms with Crippen LogP contribution in [0.4, 0.5) is 0 Å². The summed E-state index contributed by atoms with van der Waals surface area (Å²) in [6, 6.07) is 5.50. The summed E-state index contributed by atoms with van der Waals surface area (Å²) in [6.45, 7) is 6.90. The summed E-state index contributed by atoms with van der Waals surface area (Å²) in [5, 5.41) is 9.50. The fraction of sp³-hybridized carbons (Fsp3) is 0.533. The number of carbonyl (C=O) groups is 1. The highest BCUT2D eigenvalue weighted by atomic mass is 16.5. The molecule has 0 saturated carbocycles. The predicted molar refractivity (Wildman–Crippen MR) is 74.9 cm³/mol. The lowest BCUT2D eigenvalue weighted by Gasteiger charge is -2.46. The Bertz CT molecular complexity index is 506. The lowest BCUT2D eigenvalue weighted by atomic mass is 10.0. The first-order valence-corrected chi connectivity index (χ1v) is 7.06. The van der Waals surface area contributed by atoms with Crippen molar-refractivity contribution in [2.45, 2.75) is 13.0 Å². The molecule has 2 aliphatic heterocycles. The summed E-state index contributed by atoms with van der Waals surface area (Å²) in [7, 11) is 0. The largest absolute Gasteiger partial charge is 0.508 e. The number of morpholine rings is 1. The predicted octanol–water partition coefficient (Wildman–Crippen LogP) is 0.857. The van der Waals surface area contributed by atoms with E-state index < -0.39 is 0 Å². The molecule has 1 aromatic carbocycles. The molecular weight excluding hydrogens is 256 g/mol. The van der Waals surface area contributed by atoms with E-state index in [1.807, 2.05) is 4.90 Å². The molecule has 0 bridgehead atoms. The van der Waals surface area contributed by atoms with Crippen LogP contribution in [-0.2, 0) is 4.74 Å². The Hall–Kier alpha value is -1.59. The van der Waals surface area contributed by atoms with E-state index in [0.29, 0.717) is 11.6 Å². The maximum atomic E-state index is 12.3. The van der Waals surface area contributed by atoms with E-state index in [1.54, 1.807) is 25.1 Å². The topological polar surface area (TPSA) is 53.0 Å². The van der Waals surface area contributed by atoms with Crippen molar-refractivity contribution >= 4 is 5.91 Å². The van der Waals surface area contributed by atoms with Crippen LogP contribution in [0, 0.1) is 6.92 Å². The fourth-order valence-corrected chi connectivity index (χ4v) is 2.77. The first-order valence-electron chi connectivity index (χ1n) is 7.06. The van der Waals surface area contributed by atoms with E-state index in [-0.39, 0.29) is 11.7 Å². The Labute approximate surface area is 118 Å². The van der Waals surface area contributed by atoms with E-state index in [4.69, 9.17) is 4.74 Å². The van der Waals surface area contributed by atoms with Crippen molar-refractivity contribution in [2.75, 3.05) is 39.4 Å². The molecule has 1 aromatic rings. The fourth-order valence-electron chi connectivity index (χ4n) is 2.77. The second kappa shape index (κ2) is 5.42. The number of phenols is 1. The summed E-state index contributed by atoms with van der Waals surface area (Å²) in [5.74, 6) is 0.286. The zero-order chi connectivity index (χ0) is 14.1. The monoisotopic (exact) mass is 276 g/mol. The van der Waals surface area contributed by atoms with Crippen molar-refractivity contribution < 1.29 is 14.6 Å². The van der Waals surface area contributed by atoms with Crippen molar-refractivity contribution in [2.24, 2.45) is 0 Å². The number of nitrogens with zero attached hydrogens (tertiary/aromatic N) is 2.